The Morgan fingerprint density at radius 2 is 1.89 bits per heavy atom. The van der Waals surface area contributed by atoms with Gasteiger partial charge in [-0.15, -0.1) is 0 Å². The Morgan fingerprint density at radius 1 is 1.28 bits per heavy atom. The Morgan fingerprint density at radius 3 is 2.39 bits per heavy atom. The van der Waals surface area contributed by atoms with Crippen LogP contribution in [0, 0.1) is 0 Å². The van der Waals surface area contributed by atoms with E-state index >= 15 is 0 Å². The van der Waals surface area contributed by atoms with Gasteiger partial charge in [-0.05, 0) is 45.2 Å². The zero-order chi connectivity index (χ0) is 13.0. The number of hydrogen-bond donors (Lipinski definition) is 1. The lowest BCUT2D eigenvalue weighted by molar-refractivity contribution is -0.272. The number of hydrogen-bond acceptors (Lipinski definition) is 4. The molecular weight excluding hydrogens is 230 g/mol. The van der Waals surface area contributed by atoms with Gasteiger partial charge in [-0.25, -0.2) is 0 Å². The summed E-state index contributed by atoms with van der Waals surface area (Å²) >= 11 is 0. The molecule has 1 N–H and O–H groups in total. The molecule has 0 saturated carbocycles. The average Bonchev–Trinajstić information content (AvgIpc) is 2.41. The summed E-state index contributed by atoms with van der Waals surface area (Å²) in [5, 5.41) is 3.15. The van der Waals surface area contributed by atoms with E-state index in [1.165, 1.54) is 0 Å². The maximum atomic E-state index is 5.83. The molecule has 0 aromatic heterocycles. The van der Waals surface area contributed by atoms with Crippen LogP contribution in [0.5, 0.6) is 5.75 Å². The van der Waals surface area contributed by atoms with Crippen molar-refractivity contribution < 1.29 is 14.2 Å². The summed E-state index contributed by atoms with van der Waals surface area (Å²) in [6.07, 6.45) is 0. The number of likely N-dealkylation sites (N-methyl/N-ethyl adjacent to an activating group) is 1. The monoisotopic (exact) mass is 251 g/mol. The van der Waals surface area contributed by atoms with Crippen molar-refractivity contribution in [2.24, 2.45) is 0 Å². The predicted octanol–water partition coefficient (Wildman–Crippen LogP) is 1.89. The lowest BCUT2D eigenvalue weighted by atomic mass is 10.1. The molecule has 4 nitrogen and oxygen atoms in total. The van der Waals surface area contributed by atoms with Gasteiger partial charge in [-0.3, -0.25) is 0 Å². The third kappa shape index (κ3) is 2.83. The van der Waals surface area contributed by atoms with Crippen LogP contribution >= 0.6 is 0 Å². The summed E-state index contributed by atoms with van der Waals surface area (Å²) in [5.41, 5.74) is 1.01. The highest BCUT2D eigenvalue weighted by Crippen LogP contribution is 2.31. The van der Waals surface area contributed by atoms with Crippen molar-refractivity contribution in [1.29, 1.82) is 0 Å². The van der Waals surface area contributed by atoms with Crippen LogP contribution in [0.4, 0.5) is 0 Å². The Balaban J connectivity index is 2.06. The summed E-state index contributed by atoms with van der Waals surface area (Å²) in [6, 6.07) is 8.14. The van der Waals surface area contributed by atoms with Gasteiger partial charge in [0.1, 0.15) is 5.75 Å². The second-order valence-electron chi connectivity index (χ2n) is 4.51. The molecule has 1 saturated heterocycles. The van der Waals surface area contributed by atoms with Gasteiger partial charge < -0.3 is 19.5 Å². The van der Waals surface area contributed by atoms with E-state index in [9.17, 15) is 0 Å². The van der Waals surface area contributed by atoms with Crippen LogP contribution < -0.4 is 10.1 Å². The number of ether oxygens (including phenoxy) is 3. The maximum absolute atomic E-state index is 5.83. The minimum Gasteiger partial charge on any atom is -0.494 e. The van der Waals surface area contributed by atoms with E-state index in [0.717, 1.165) is 11.3 Å². The van der Waals surface area contributed by atoms with Gasteiger partial charge >= 0.3 is 0 Å². The third-order valence-corrected chi connectivity index (χ3v) is 3.22. The molecule has 0 unspecified atom stereocenters. The van der Waals surface area contributed by atoms with E-state index in [4.69, 9.17) is 14.2 Å². The van der Waals surface area contributed by atoms with E-state index < -0.39 is 5.79 Å². The SMILES string of the molecule is CCOc1ccc(C2(C)OCC(NC)CO2)cc1. The van der Waals surface area contributed by atoms with Crippen molar-refractivity contribution in [3.05, 3.63) is 29.8 Å². The minimum atomic E-state index is -0.655. The lowest BCUT2D eigenvalue weighted by Gasteiger charge is -2.37. The van der Waals surface area contributed by atoms with Crippen LogP contribution in [-0.2, 0) is 15.3 Å². The highest BCUT2D eigenvalue weighted by molar-refractivity contribution is 5.29. The van der Waals surface area contributed by atoms with Crippen molar-refractivity contribution in [3.8, 4) is 5.75 Å². The fraction of sp³-hybridized carbons (Fsp3) is 0.571. The van der Waals surface area contributed by atoms with Gasteiger partial charge in [0.15, 0.2) is 5.79 Å². The number of benzene rings is 1. The summed E-state index contributed by atoms with van der Waals surface area (Å²) in [4.78, 5) is 0. The van der Waals surface area contributed by atoms with Crippen molar-refractivity contribution in [2.75, 3.05) is 26.9 Å². The summed E-state index contributed by atoms with van der Waals surface area (Å²) < 4.78 is 17.1. The fourth-order valence-corrected chi connectivity index (χ4v) is 1.96. The average molecular weight is 251 g/mol. The molecule has 1 aliphatic rings. The van der Waals surface area contributed by atoms with Gasteiger partial charge in [-0.2, -0.15) is 0 Å². The molecule has 0 amide bonds. The number of rotatable bonds is 4. The second-order valence-corrected chi connectivity index (χ2v) is 4.51. The molecule has 1 fully saturated rings. The van der Waals surface area contributed by atoms with Gasteiger partial charge in [0.05, 0.1) is 25.9 Å². The highest BCUT2D eigenvalue weighted by atomic mass is 16.7. The molecule has 0 aliphatic carbocycles. The molecule has 0 bridgehead atoms. The third-order valence-electron chi connectivity index (χ3n) is 3.22. The van der Waals surface area contributed by atoms with Gasteiger partial charge in [0.25, 0.3) is 0 Å². The second kappa shape index (κ2) is 5.69. The standard InChI is InChI=1S/C14H21NO3/c1-4-16-13-7-5-11(6-8-13)14(2)17-9-12(15-3)10-18-14/h5-8,12,15H,4,9-10H2,1-3H3. The molecule has 18 heavy (non-hydrogen) atoms. The highest BCUT2D eigenvalue weighted by Gasteiger charge is 2.34. The topological polar surface area (TPSA) is 39.7 Å². The molecular formula is C14H21NO3. The normalized spacial score (nSPS) is 28.1. The van der Waals surface area contributed by atoms with Crippen molar-refractivity contribution >= 4 is 0 Å². The van der Waals surface area contributed by atoms with Gasteiger partial charge in [0, 0.05) is 5.56 Å². The van der Waals surface area contributed by atoms with Crippen LogP contribution in [0.2, 0.25) is 0 Å². The molecule has 1 aliphatic heterocycles. The zero-order valence-electron chi connectivity index (χ0n) is 11.2. The molecule has 1 heterocycles. The van der Waals surface area contributed by atoms with E-state index in [1.807, 2.05) is 45.2 Å². The van der Waals surface area contributed by atoms with E-state index in [1.54, 1.807) is 0 Å². The molecule has 0 atom stereocenters. The summed E-state index contributed by atoms with van der Waals surface area (Å²) in [5.74, 6) is 0.215. The van der Waals surface area contributed by atoms with Crippen molar-refractivity contribution in [3.63, 3.8) is 0 Å². The molecule has 0 spiro atoms. The zero-order valence-corrected chi connectivity index (χ0v) is 11.2. The lowest BCUT2D eigenvalue weighted by Crippen LogP contribution is -2.47. The van der Waals surface area contributed by atoms with Gasteiger partial charge in [0.2, 0.25) is 0 Å². The summed E-state index contributed by atoms with van der Waals surface area (Å²) in [7, 11) is 1.91. The Labute approximate surface area is 108 Å². The number of nitrogens with one attached hydrogen (secondary N) is 1. The van der Waals surface area contributed by atoms with E-state index in [0.29, 0.717) is 19.8 Å². The molecule has 100 valence electrons. The smallest absolute Gasteiger partial charge is 0.192 e. The maximum Gasteiger partial charge on any atom is 0.192 e. The van der Waals surface area contributed by atoms with Crippen molar-refractivity contribution in [2.45, 2.75) is 25.7 Å². The largest absolute Gasteiger partial charge is 0.494 e. The van der Waals surface area contributed by atoms with Crippen molar-refractivity contribution in [1.82, 2.24) is 5.32 Å². The first-order chi connectivity index (χ1) is 8.68. The van der Waals surface area contributed by atoms with E-state index in [-0.39, 0.29) is 6.04 Å². The van der Waals surface area contributed by atoms with Crippen LogP contribution in [0.1, 0.15) is 19.4 Å². The van der Waals surface area contributed by atoms with Crippen LogP contribution in [0.15, 0.2) is 24.3 Å². The predicted molar refractivity (Wildman–Crippen MR) is 69.7 cm³/mol. The first-order valence-electron chi connectivity index (χ1n) is 6.36. The quantitative estimate of drug-likeness (QED) is 0.887. The van der Waals surface area contributed by atoms with Gasteiger partial charge in [-0.1, -0.05) is 0 Å². The van der Waals surface area contributed by atoms with Crippen LogP contribution in [0.3, 0.4) is 0 Å². The fourth-order valence-electron chi connectivity index (χ4n) is 1.96. The molecule has 1 aromatic carbocycles. The Hall–Kier alpha value is -1.10. The molecule has 4 heteroatoms. The minimum absolute atomic E-state index is 0.265. The molecule has 2 rings (SSSR count). The van der Waals surface area contributed by atoms with Crippen LogP contribution in [0.25, 0.3) is 0 Å². The Bertz CT molecular complexity index is 369. The van der Waals surface area contributed by atoms with E-state index in [2.05, 4.69) is 5.32 Å². The summed E-state index contributed by atoms with van der Waals surface area (Å²) in [6.45, 7) is 5.91. The first-order valence-corrected chi connectivity index (χ1v) is 6.36. The van der Waals surface area contributed by atoms with Crippen LogP contribution in [-0.4, -0.2) is 32.9 Å². The Kier molecular flexibility index (Phi) is 4.22. The molecule has 0 radical (unpaired) electrons. The molecule has 1 aromatic rings. The first kappa shape index (κ1) is 13.3.